The SMILES string of the molecule is ClCCCc1cccc(NCc2c(Cl)cccc2Cl)c1. The van der Waals surface area contributed by atoms with Crippen LogP contribution in [0.5, 0.6) is 0 Å². The third-order valence-corrected chi connectivity index (χ3v) is 4.03. The Labute approximate surface area is 134 Å². The molecule has 0 saturated carbocycles. The van der Waals surface area contributed by atoms with Gasteiger partial charge in [-0.25, -0.2) is 0 Å². The van der Waals surface area contributed by atoms with E-state index in [0.29, 0.717) is 22.5 Å². The number of nitrogens with one attached hydrogen (secondary N) is 1. The van der Waals surface area contributed by atoms with Gasteiger partial charge in [-0.05, 0) is 42.7 Å². The Kier molecular flexibility index (Phi) is 6.03. The van der Waals surface area contributed by atoms with Gasteiger partial charge in [0.15, 0.2) is 0 Å². The fraction of sp³-hybridized carbons (Fsp3) is 0.250. The highest BCUT2D eigenvalue weighted by molar-refractivity contribution is 6.36. The summed E-state index contributed by atoms with van der Waals surface area (Å²) < 4.78 is 0. The number of benzene rings is 2. The van der Waals surface area contributed by atoms with Crippen molar-refractivity contribution in [1.29, 1.82) is 0 Å². The maximum Gasteiger partial charge on any atom is 0.0470 e. The van der Waals surface area contributed by atoms with Gasteiger partial charge in [-0.3, -0.25) is 0 Å². The molecule has 1 N–H and O–H groups in total. The lowest BCUT2D eigenvalue weighted by atomic mass is 10.1. The van der Waals surface area contributed by atoms with Gasteiger partial charge in [0.05, 0.1) is 0 Å². The summed E-state index contributed by atoms with van der Waals surface area (Å²) in [6, 6.07) is 13.9. The van der Waals surface area contributed by atoms with Crippen LogP contribution in [0.2, 0.25) is 10.0 Å². The Morgan fingerprint density at radius 1 is 0.950 bits per heavy atom. The average Bonchev–Trinajstić information content (AvgIpc) is 2.45. The van der Waals surface area contributed by atoms with Gasteiger partial charge in [0.2, 0.25) is 0 Å². The van der Waals surface area contributed by atoms with Gasteiger partial charge in [-0.2, -0.15) is 0 Å². The van der Waals surface area contributed by atoms with Crippen molar-refractivity contribution in [3.63, 3.8) is 0 Å². The first-order valence-electron chi connectivity index (χ1n) is 6.52. The quantitative estimate of drug-likeness (QED) is 0.663. The second-order valence-electron chi connectivity index (χ2n) is 4.55. The maximum atomic E-state index is 6.16. The van der Waals surface area contributed by atoms with Crippen molar-refractivity contribution >= 4 is 40.5 Å². The van der Waals surface area contributed by atoms with Crippen LogP contribution >= 0.6 is 34.8 Å². The summed E-state index contributed by atoms with van der Waals surface area (Å²) in [6.07, 6.45) is 1.98. The molecule has 2 aromatic carbocycles. The van der Waals surface area contributed by atoms with Crippen molar-refractivity contribution in [1.82, 2.24) is 0 Å². The Morgan fingerprint density at radius 3 is 2.35 bits per heavy atom. The molecule has 0 aliphatic rings. The highest BCUT2D eigenvalue weighted by Crippen LogP contribution is 2.25. The van der Waals surface area contributed by atoms with Crippen LogP contribution in [0.15, 0.2) is 42.5 Å². The van der Waals surface area contributed by atoms with Crippen LogP contribution in [-0.2, 0) is 13.0 Å². The molecule has 0 bridgehead atoms. The standard InChI is InChI=1S/C16H16Cl3N/c17-9-3-5-12-4-1-6-13(10-12)20-11-14-15(18)7-2-8-16(14)19/h1-2,4,6-8,10,20H,3,5,9,11H2. The predicted octanol–water partition coefficient (Wildman–Crippen LogP) is 5.78. The molecule has 0 amide bonds. The van der Waals surface area contributed by atoms with Gasteiger partial charge in [-0.15, -0.1) is 11.6 Å². The van der Waals surface area contributed by atoms with Crippen LogP contribution in [0.1, 0.15) is 17.5 Å². The molecule has 2 rings (SSSR count). The van der Waals surface area contributed by atoms with E-state index >= 15 is 0 Å². The number of rotatable bonds is 6. The molecule has 2 aromatic rings. The van der Waals surface area contributed by atoms with Crippen LogP contribution in [0.3, 0.4) is 0 Å². The van der Waals surface area contributed by atoms with Gasteiger partial charge >= 0.3 is 0 Å². The molecule has 1 nitrogen and oxygen atoms in total. The zero-order chi connectivity index (χ0) is 14.4. The number of halogens is 3. The summed E-state index contributed by atoms with van der Waals surface area (Å²) in [5.74, 6) is 0.687. The molecule has 0 aliphatic heterocycles. The van der Waals surface area contributed by atoms with Gasteiger partial charge in [-0.1, -0.05) is 41.4 Å². The molecule has 0 saturated heterocycles. The fourth-order valence-electron chi connectivity index (χ4n) is 2.00. The normalized spacial score (nSPS) is 10.6. The summed E-state index contributed by atoms with van der Waals surface area (Å²) in [4.78, 5) is 0. The summed E-state index contributed by atoms with van der Waals surface area (Å²) in [5.41, 5.74) is 3.26. The van der Waals surface area contributed by atoms with Gasteiger partial charge < -0.3 is 5.32 Å². The Bertz CT molecular complexity index is 549. The summed E-state index contributed by atoms with van der Waals surface area (Å²) >= 11 is 18.0. The molecular formula is C16H16Cl3N. The molecule has 0 spiro atoms. The van der Waals surface area contributed by atoms with Gasteiger partial charge in [0.25, 0.3) is 0 Å². The van der Waals surface area contributed by atoms with Crippen molar-refractivity contribution in [2.75, 3.05) is 11.2 Å². The minimum absolute atomic E-state index is 0.609. The molecule has 20 heavy (non-hydrogen) atoms. The Hall–Kier alpha value is -0.890. The first kappa shape index (κ1) is 15.5. The Balaban J connectivity index is 2.03. The number of hydrogen-bond donors (Lipinski definition) is 1. The molecule has 0 aliphatic carbocycles. The third kappa shape index (κ3) is 4.31. The first-order valence-corrected chi connectivity index (χ1v) is 7.81. The van der Waals surface area contributed by atoms with Gasteiger partial charge in [0.1, 0.15) is 0 Å². The van der Waals surface area contributed by atoms with Crippen molar-refractivity contribution < 1.29 is 0 Å². The van der Waals surface area contributed by atoms with Crippen molar-refractivity contribution in [3.05, 3.63) is 63.6 Å². The van der Waals surface area contributed by atoms with Gasteiger partial charge in [0, 0.05) is 33.7 Å². The maximum absolute atomic E-state index is 6.16. The molecular weight excluding hydrogens is 313 g/mol. The van der Waals surface area contributed by atoms with Crippen LogP contribution in [0.25, 0.3) is 0 Å². The van der Waals surface area contributed by atoms with E-state index in [2.05, 4.69) is 17.4 Å². The second kappa shape index (κ2) is 7.78. The van der Waals surface area contributed by atoms with Crippen molar-refractivity contribution in [3.8, 4) is 0 Å². The molecule has 0 heterocycles. The van der Waals surface area contributed by atoms with E-state index < -0.39 is 0 Å². The summed E-state index contributed by atoms with van der Waals surface area (Å²) in [7, 11) is 0. The minimum atomic E-state index is 0.609. The van der Waals surface area contributed by atoms with E-state index in [-0.39, 0.29) is 0 Å². The predicted molar refractivity (Wildman–Crippen MR) is 89.3 cm³/mol. The zero-order valence-corrected chi connectivity index (χ0v) is 13.3. The van der Waals surface area contributed by atoms with Crippen molar-refractivity contribution in [2.45, 2.75) is 19.4 Å². The number of hydrogen-bond acceptors (Lipinski definition) is 1. The van der Waals surface area contributed by atoms with E-state index in [1.165, 1.54) is 5.56 Å². The number of aryl methyl sites for hydroxylation is 1. The van der Waals surface area contributed by atoms with E-state index in [9.17, 15) is 0 Å². The van der Waals surface area contributed by atoms with Crippen LogP contribution in [-0.4, -0.2) is 5.88 Å². The topological polar surface area (TPSA) is 12.0 Å². The van der Waals surface area contributed by atoms with E-state index in [0.717, 1.165) is 24.1 Å². The van der Waals surface area contributed by atoms with Crippen molar-refractivity contribution in [2.24, 2.45) is 0 Å². The van der Waals surface area contributed by atoms with Crippen LogP contribution < -0.4 is 5.32 Å². The van der Waals surface area contributed by atoms with E-state index in [1.54, 1.807) is 0 Å². The molecule has 0 aromatic heterocycles. The molecule has 0 unspecified atom stereocenters. The third-order valence-electron chi connectivity index (χ3n) is 3.06. The summed E-state index contributed by atoms with van der Waals surface area (Å²) in [5, 5.41) is 4.72. The molecule has 0 radical (unpaired) electrons. The molecule has 106 valence electrons. The highest BCUT2D eigenvalue weighted by Gasteiger charge is 2.05. The Morgan fingerprint density at radius 2 is 1.65 bits per heavy atom. The minimum Gasteiger partial charge on any atom is -0.381 e. The largest absolute Gasteiger partial charge is 0.381 e. The lowest BCUT2D eigenvalue weighted by Crippen LogP contribution is -2.01. The average molecular weight is 329 g/mol. The van der Waals surface area contributed by atoms with Crippen LogP contribution in [0, 0.1) is 0 Å². The van der Waals surface area contributed by atoms with E-state index in [1.807, 2.05) is 30.3 Å². The first-order chi connectivity index (χ1) is 9.70. The van der Waals surface area contributed by atoms with Crippen LogP contribution in [0.4, 0.5) is 5.69 Å². The number of alkyl halides is 1. The molecule has 0 atom stereocenters. The lowest BCUT2D eigenvalue weighted by Gasteiger charge is -2.11. The molecule has 4 heteroatoms. The number of anilines is 1. The summed E-state index contributed by atoms with van der Waals surface area (Å²) in [6.45, 7) is 0.609. The lowest BCUT2D eigenvalue weighted by molar-refractivity contribution is 0.928. The fourth-order valence-corrected chi connectivity index (χ4v) is 2.66. The second-order valence-corrected chi connectivity index (χ2v) is 5.74. The molecule has 0 fully saturated rings. The highest BCUT2D eigenvalue weighted by atomic mass is 35.5. The smallest absolute Gasteiger partial charge is 0.0470 e. The monoisotopic (exact) mass is 327 g/mol. The van der Waals surface area contributed by atoms with E-state index in [4.69, 9.17) is 34.8 Å². The zero-order valence-electron chi connectivity index (χ0n) is 11.0.